The quantitative estimate of drug-likeness (QED) is 0.530. The maximum atomic E-state index is 13.1. The summed E-state index contributed by atoms with van der Waals surface area (Å²) in [6.45, 7) is 9.77. The predicted molar refractivity (Wildman–Crippen MR) is 126 cm³/mol. The van der Waals surface area contributed by atoms with Crippen molar-refractivity contribution in [2.45, 2.75) is 57.6 Å². The van der Waals surface area contributed by atoms with E-state index in [-0.39, 0.29) is 29.7 Å². The summed E-state index contributed by atoms with van der Waals surface area (Å²) in [5.74, 6) is -0.0863. The van der Waals surface area contributed by atoms with Gasteiger partial charge in [-0.05, 0) is 64.4 Å². The van der Waals surface area contributed by atoms with Gasteiger partial charge in [-0.15, -0.1) is 11.8 Å². The minimum Gasteiger partial charge on any atom is -0.350 e. The average molecular weight is 467 g/mol. The molecule has 0 saturated heterocycles. The SMILES string of the molecule is Cc1ccc(SCC(=O)N(Cc2ccc(Cl)c(Cl)c2)[C@@H](C)C(=O)NC(C)(C)C)cc1. The second-order valence-corrected chi connectivity index (χ2v) is 10.2. The number of thioether (sulfide) groups is 1. The molecule has 0 aliphatic heterocycles. The molecular weight excluding hydrogens is 439 g/mol. The van der Waals surface area contributed by atoms with E-state index in [0.717, 1.165) is 10.5 Å². The van der Waals surface area contributed by atoms with Crippen LogP contribution in [0, 0.1) is 6.92 Å². The molecule has 2 rings (SSSR count). The van der Waals surface area contributed by atoms with Crippen molar-refractivity contribution in [1.29, 1.82) is 0 Å². The lowest BCUT2D eigenvalue weighted by molar-refractivity contribution is -0.139. The van der Waals surface area contributed by atoms with Gasteiger partial charge in [0, 0.05) is 17.0 Å². The van der Waals surface area contributed by atoms with Crippen LogP contribution in [0.4, 0.5) is 0 Å². The third-order valence-corrected chi connectivity index (χ3v) is 6.12. The molecule has 0 bridgehead atoms. The Morgan fingerprint density at radius 2 is 1.70 bits per heavy atom. The summed E-state index contributed by atoms with van der Waals surface area (Å²) >= 11 is 13.6. The minimum absolute atomic E-state index is 0.122. The van der Waals surface area contributed by atoms with Gasteiger partial charge in [-0.1, -0.05) is 47.0 Å². The van der Waals surface area contributed by atoms with Crippen molar-refractivity contribution in [3.8, 4) is 0 Å². The topological polar surface area (TPSA) is 49.4 Å². The normalized spacial score (nSPS) is 12.4. The molecule has 30 heavy (non-hydrogen) atoms. The van der Waals surface area contributed by atoms with Crippen molar-refractivity contribution >= 4 is 46.8 Å². The van der Waals surface area contributed by atoms with E-state index in [9.17, 15) is 9.59 Å². The third-order valence-electron chi connectivity index (χ3n) is 4.39. The maximum absolute atomic E-state index is 13.1. The van der Waals surface area contributed by atoms with E-state index in [0.29, 0.717) is 10.0 Å². The zero-order valence-corrected chi connectivity index (χ0v) is 20.3. The smallest absolute Gasteiger partial charge is 0.242 e. The van der Waals surface area contributed by atoms with Crippen molar-refractivity contribution in [3.63, 3.8) is 0 Å². The first-order valence-electron chi connectivity index (χ1n) is 9.71. The fourth-order valence-corrected chi connectivity index (χ4v) is 3.86. The first kappa shape index (κ1) is 24.6. The van der Waals surface area contributed by atoms with Crippen LogP contribution in [0.3, 0.4) is 0 Å². The molecule has 0 saturated carbocycles. The molecule has 162 valence electrons. The summed E-state index contributed by atoms with van der Waals surface area (Å²) in [4.78, 5) is 28.5. The molecule has 0 aliphatic carbocycles. The molecule has 2 aromatic carbocycles. The summed E-state index contributed by atoms with van der Waals surface area (Å²) in [5, 5.41) is 3.82. The molecule has 0 fully saturated rings. The van der Waals surface area contributed by atoms with E-state index in [4.69, 9.17) is 23.2 Å². The highest BCUT2D eigenvalue weighted by molar-refractivity contribution is 8.00. The molecule has 2 amide bonds. The van der Waals surface area contributed by atoms with Crippen molar-refractivity contribution < 1.29 is 9.59 Å². The molecular formula is C23H28Cl2N2O2S. The van der Waals surface area contributed by atoms with Crippen LogP contribution in [0.1, 0.15) is 38.8 Å². The monoisotopic (exact) mass is 466 g/mol. The van der Waals surface area contributed by atoms with Gasteiger partial charge in [0.2, 0.25) is 11.8 Å². The van der Waals surface area contributed by atoms with Gasteiger partial charge in [-0.2, -0.15) is 0 Å². The highest BCUT2D eigenvalue weighted by Gasteiger charge is 2.28. The number of hydrogen-bond acceptors (Lipinski definition) is 3. The zero-order chi connectivity index (χ0) is 22.5. The predicted octanol–water partition coefficient (Wildman–Crippen LogP) is 5.73. The summed E-state index contributed by atoms with van der Waals surface area (Å²) < 4.78 is 0. The Labute approximate surface area is 193 Å². The number of hydrogen-bond donors (Lipinski definition) is 1. The third kappa shape index (κ3) is 7.53. The summed E-state index contributed by atoms with van der Waals surface area (Å²) in [7, 11) is 0. The van der Waals surface area contributed by atoms with Crippen molar-refractivity contribution in [1.82, 2.24) is 10.2 Å². The molecule has 0 aliphatic rings. The Morgan fingerprint density at radius 1 is 1.07 bits per heavy atom. The lowest BCUT2D eigenvalue weighted by Gasteiger charge is -2.31. The van der Waals surface area contributed by atoms with E-state index >= 15 is 0 Å². The zero-order valence-electron chi connectivity index (χ0n) is 18.0. The van der Waals surface area contributed by atoms with Gasteiger partial charge < -0.3 is 10.2 Å². The molecule has 0 radical (unpaired) electrons. The molecule has 7 heteroatoms. The lowest BCUT2D eigenvalue weighted by Crippen LogP contribution is -2.52. The number of benzene rings is 2. The Morgan fingerprint density at radius 3 is 2.27 bits per heavy atom. The Bertz CT molecular complexity index is 895. The summed E-state index contributed by atoms with van der Waals surface area (Å²) in [6, 6.07) is 12.6. The number of halogens is 2. The van der Waals surface area contributed by atoms with Crippen molar-refractivity contribution in [2.75, 3.05) is 5.75 Å². The second kappa shape index (κ2) is 10.6. The van der Waals surface area contributed by atoms with Gasteiger partial charge in [0.15, 0.2) is 0 Å². The molecule has 4 nitrogen and oxygen atoms in total. The van der Waals surface area contributed by atoms with Gasteiger partial charge in [0.1, 0.15) is 6.04 Å². The lowest BCUT2D eigenvalue weighted by atomic mass is 10.1. The Hall–Kier alpha value is -1.69. The highest BCUT2D eigenvalue weighted by atomic mass is 35.5. The standard InChI is InChI=1S/C23H28Cl2N2O2S/c1-15-6-9-18(10-7-15)30-14-21(28)27(16(2)22(29)26-23(3,4)5)13-17-8-11-19(24)20(25)12-17/h6-12,16H,13-14H2,1-5H3,(H,26,29)/t16-/m0/s1. The number of amides is 2. The number of nitrogens with zero attached hydrogens (tertiary/aromatic N) is 1. The van der Waals surface area contributed by atoms with Crippen molar-refractivity contribution in [3.05, 3.63) is 63.6 Å². The molecule has 0 heterocycles. The van der Waals surface area contributed by atoms with Gasteiger partial charge in [-0.25, -0.2) is 0 Å². The number of carbonyl (C=O) groups excluding carboxylic acids is 2. The van der Waals surface area contributed by atoms with Crippen LogP contribution < -0.4 is 5.32 Å². The van der Waals surface area contributed by atoms with Crippen LogP contribution in [-0.4, -0.2) is 34.0 Å². The summed E-state index contributed by atoms with van der Waals surface area (Å²) in [5.41, 5.74) is 1.59. The minimum atomic E-state index is -0.634. The van der Waals surface area contributed by atoms with Crippen LogP contribution in [-0.2, 0) is 16.1 Å². The molecule has 0 spiro atoms. The van der Waals surface area contributed by atoms with E-state index in [2.05, 4.69) is 5.32 Å². The van der Waals surface area contributed by atoms with Crippen LogP contribution in [0.25, 0.3) is 0 Å². The highest BCUT2D eigenvalue weighted by Crippen LogP contribution is 2.25. The fourth-order valence-electron chi connectivity index (χ4n) is 2.75. The maximum Gasteiger partial charge on any atom is 0.242 e. The first-order chi connectivity index (χ1) is 14.0. The first-order valence-corrected chi connectivity index (χ1v) is 11.5. The number of rotatable bonds is 7. The fraction of sp³-hybridized carbons (Fsp3) is 0.391. The average Bonchev–Trinajstić information content (AvgIpc) is 2.66. The number of aryl methyl sites for hydroxylation is 1. The Balaban J connectivity index is 2.19. The van der Waals surface area contributed by atoms with Gasteiger partial charge in [0.05, 0.1) is 15.8 Å². The Kier molecular flexibility index (Phi) is 8.65. The van der Waals surface area contributed by atoms with Gasteiger partial charge >= 0.3 is 0 Å². The number of carbonyl (C=O) groups is 2. The van der Waals surface area contributed by atoms with E-state index < -0.39 is 6.04 Å². The van der Waals surface area contributed by atoms with Crippen LogP contribution in [0.5, 0.6) is 0 Å². The van der Waals surface area contributed by atoms with Crippen LogP contribution in [0.2, 0.25) is 10.0 Å². The largest absolute Gasteiger partial charge is 0.350 e. The molecule has 1 N–H and O–H groups in total. The van der Waals surface area contributed by atoms with E-state index in [1.807, 2.05) is 58.0 Å². The van der Waals surface area contributed by atoms with Crippen molar-refractivity contribution in [2.24, 2.45) is 0 Å². The van der Waals surface area contributed by atoms with E-state index in [1.54, 1.807) is 24.0 Å². The molecule has 1 atom stereocenters. The molecule has 0 unspecified atom stereocenters. The van der Waals surface area contributed by atoms with Crippen LogP contribution in [0.15, 0.2) is 47.4 Å². The van der Waals surface area contributed by atoms with E-state index in [1.165, 1.54) is 17.3 Å². The number of nitrogens with one attached hydrogen (secondary N) is 1. The van der Waals surface area contributed by atoms with Gasteiger partial charge in [-0.3, -0.25) is 9.59 Å². The second-order valence-electron chi connectivity index (χ2n) is 8.29. The van der Waals surface area contributed by atoms with Crippen LogP contribution >= 0.6 is 35.0 Å². The summed E-state index contributed by atoms with van der Waals surface area (Å²) in [6.07, 6.45) is 0. The molecule has 2 aromatic rings. The van der Waals surface area contributed by atoms with Gasteiger partial charge in [0.25, 0.3) is 0 Å². The molecule has 0 aromatic heterocycles.